The van der Waals surface area contributed by atoms with Crippen LogP contribution in [0.3, 0.4) is 0 Å². The highest BCUT2D eigenvalue weighted by Gasteiger charge is 2.25. The van der Waals surface area contributed by atoms with Crippen molar-refractivity contribution in [2.75, 3.05) is 13.1 Å². The van der Waals surface area contributed by atoms with Crippen LogP contribution in [-0.2, 0) is 4.79 Å². The van der Waals surface area contributed by atoms with Crippen molar-refractivity contribution in [3.05, 3.63) is 0 Å². The van der Waals surface area contributed by atoms with Crippen molar-refractivity contribution in [3.8, 4) is 12.3 Å². The zero-order valence-corrected chi connectivity index (χ0v) is 7.71. The molecule has 2 atom stereocenters. The van der Waals surface area contributed by atoms with Crippen LogP contribution in [0.4, 0.5) is 0 Å². The molecule has 1 aliphatic heterocycles. The number of nitrogens with zero attached hydrogens (tertiary/aromatic N) is 1. The zero-order valence-electron chi connectivity index (χ0n) is 7.71. The van der Waals surface area contributed by atoms with E-state index >= 15 is 0 Å². The first kappa shape index (κ1) is 9.28. The normalized spacial score (nSPS) is 28.1. The lowest BCUT2D eigenvalue weighted by atomic mass is 9.97. The summed E-state index contributed by atoms with van der Waals surface area (Å²) in [6.45, 7) is 5.62. The largest absolute Gasteiger partial charge is 0.299 e. The highest BCUT2D eigenvalue weighted by Crippen LogP contribution is 2.14. The first-order valence-corrected chi connectivity index (χ1v) is 4.38. The third kappa shape index (κ3) is 1.86. The maximum atomic E-state index is 11.2. The van der Waals surface area contributed by atoms with Gasteiger partial charge in [-0.15, -0.1) is 6.42 Å². The molecule has 66 valence electrons. The number of hydrogen-bond donors (Lipinski definition) is 0. The van der Waals surface area contributed by atoms with Crippen LogP contribution in [0.5, 0.6) is 0 Å². The number of Topliss-reactive ketones (excluding diaryl/α,β-unsaturated/α-hetero) is 1. The molecule has 0 aliphatic carbocycles. The van der Waals surface area contributed by atoms with Gasteiger partial charge in [0.25, 0.3) is 0 Å². The van der Waals surface area contributed by atoms with E-state index in [0.29, 0.717) is 12.2 Å². The maximum Gasteiger partial charge on any atom is 0.138 e. The number of likely N-dealkylation sites (tertiary alicyclic amines) is 1. The fourth-order valence-corrected chi connectivity index (χ4v) is 1.50. The molecule has 12 heavy (non-hydrogen) atoms. The van der Waals surface area contributed by atoms with E-state index < -0.39 is 0 Å². The Labute approximate surface area is 73.9 Å². The van der Waals surface area contributed by atoms with E-state index in [4.69, 9.17) is 6.42 Å². The average molecular weight is 165 g/mol. The van der Waals surface area contributed by atoms with E-state index in [9.17, 15) is 4.79 Å². The lowest BCUT2D eigenvalue weighted by molar-refractivity contribution is -0.125. The van der Waals surface area contributed by atoms with Gasteiger partial charge >= 0.3 is 0 Å². The molecule has 0 N–H and O–H groups in total. The Hall–Kier alpha value is -0.810. The minimum atomic E-state index is 0.162. The Morgan fingerprint density at radius 2 is 2.42 bits per heavy atom. The molecule has 0 radical (unpaired) electrons. The molecule has 0 aromatic carbocycles. The molecule has 0 aromatic rings. The molecule has 0 saturated carbocycles. The summed E-state index contributed by atoms with van der Waals surface area (Å²) in [7, 11) is 0. The molecule has 1 fully saturated rings. The number of piperidine rings is 1. The fourth-order valence-electron chi connectivity index (χ4n) is 1.50. The van der Waals surface area contributed by atoms with Crippen molar-refractivity contribution in [1.29, 1.82) is 0 Å². The van der Waals surface area contributed by atoms with Crippen molar-refractivity contribution >= 4 is 5.78 Å². The lowest BCUT2D eigenvalue weighted by Gasteiger charge is -2.32. The van der Waals surface area contributed by atoms with Crippen LogP contribution >= 0.6 is 0 Å². The summed E-state index contributed by atoms with van der Waals surface area (Å²) in [5, 5.41) is 0. The number of carbonyl (C=O) groups is 1. The minimum absolute atomic E-state index is 0.162. The summed E-state index contributed by atoms with van der Waals surface area (Å²) in [4.78, 5) is 13.4. The molecular weight excluding hydrogens is 150 g/mol. The molecule has 0 amide bonds. The van der Waals surface area contributed by atoms with Gasteiger partial charge in [0.1, 0.15) is 5.78 Å². The quantitative estimate of drug-likeness (QED) is 0.538. The minimum Gasteiger partial charge on any atom is -0.299 e. The topological polar surface area (TPSA) is 20.3 Å². The fraction of sp³-hybridized carbons (Fsp3) is 0.700. The first-order valence-electron chi connectivity index (χ1n) is 4.38. The number of hydrogen-bond acceptors (Lipinski definition) is 2. The molecule has 0 aromatic heterocycles. The molecule has 2 unspecified atom stereocenters. The summed E-state index contributed by atoms with van der Waals surface area (Å²) in [5.74, 6) is 3.22. The van der Waals surface area contributed by atoms with Gasteiger partial charge in [-0.25, -0.2) is 0 Å². The van der Waals surface area contributed by atoms with Gasteiger partial charge in [0, 0.05) is 25.4 Å². The summed E-state index contributed by atoms with van der Waals surface area (Å²) < 4.78 is 0. The molecule has 2 nitrogen and oxygen atoms in total. The third-order valence-electron chi connectivity index (χ3n) is 2.49. The smallest absolute Gasteiger partial charge is 0.138 e. The predicted octanol–water partition coefficient (Wildman–Crippen LogP) is 0.919. The van der Waals surface area contributed by atoms with E-state index in [2.05, 4.69) is 10.8 Å². The maximum absolute atomic E-state index is 11.2. The van der Waals surface area contributed by atoms with Crippen molar-refractivity contribution in [3.63, 3.8) is 0 Å². The van der Waals surface area contributed by atoms with Gasteiger partial charge in [0.2, 0.25) is 0 Å². The number of terminal acetylenes is 1. The molecule has 1 saturated heterocycles. The van der Waals surface area contributed by atoms with Gasteiger partial charge < -0.3 is 0 Å². The molecule has 1 aliphatic rings. The third-order valence-corrected chi connectivity index (χ3v) is 2.49. The Bertz CT molecular complexity index is 216. The van der Waals surface area contributed by atoms with E-state index in [1.54, 1.807) is 0 Å². The number of carbonyl (C=O) groups excluding carboxylic acids is 1. The predicted molar refractivity (Wildman–Crippen MR) is 48.7 cm³/mol. The van der Waals surface area contributed by atoms with Crippen molar-refractivity contribution < 1.29 is 4.79 Å². The second-order valence-electron chi connectivity index (χ2n) is 3.45. The zero-order chi connectivity index (χ0) is 9.14. The van der Waals surface area contributed by atoms with Crippen molar-refractivity contribution in [1.82, 2.24) is 4.90 Å². The molecule has 2 heteroatoms. The van der Waals surface area contributed by atoms with Crippen LogP contribution in [0.1, 0.15) is 20.3 Å². The highest BCUT2D eigenvalue weighted by atomic mass is 16.1. The van der Waals surface area contributed by atoms with Crippen LogP contribution in [0.25, 0.3) is 0 Å². The molecule has 1 rings (SSSR count). The second kappa shape index (κ2) is 3.73. The summed E-state index contributed by atoms with van der Waals surface area (Å²) in [6.07, 6.45) is 5.97. The second-order valence-corrected chi connectivity index (χ2v) is 3.45. The Kier molecular flexibility index (Phi) is 2.88. The standard InChI is InChI=1S/C10H15NO/c1-4-9(3)11-6-5-10(12)8(2)7-11/h1,8-9H,5-7H2,2-3H3. The SMILES string of the molecule is C#CC(C)N1CCC(=O)C(C)C1. The average Bonchev–Trinajstić information content (AvgIpc) is 2.08. The van der Waals surface area contributed by atoms with Crippen LogP contribution in [0.2, 0.25) is 0 Å². The van der Waals surface area contributed by atoms with E-state index in [1.165, 1.54) is 0 Å². The van der Waals surface area contributed by atoms with E-state index in [0.717, 1.165) is 13.1 Å². The molecule has 0 spiro atoms. The van der Waals surface area contributed by atoms with Gasteiger partial charge in [-0.05, 0) is 6.92 Å². The molecular formula is C10H15NO. The van der Waals surface area contributed by atoms with Crippen LogP contribution < -0.4 is 0 Å². The van der Waals surface area contributed by atoms with Crippen LogP contribution in [0.15, 0.2) is 0 Å². The van der Waals surface area contributed by atoms with Crippen LogP contribution in [0, 0.1) is 18.3 Å². The Morgan fingerprint density at radius 1 is 1.75 bits per heavy atom. The van der Waals surface area contributed by atoms with E-state index in [-0.39, 0.29) is 12.0 Å². The van der Waals surface area contributed by atoms with Gasteiger partial charge in [0.05, 0.1) is 6.04 Å². The van der Waals surface area contributed by atoms with Crippen molar-refractivity contribution in [2.24, 2.45) is 5.92 Å². The lowest BCUT2D eigenvalue weighted by Crippen LogP contribution is -2.43. The van der Waals surface area contributed by atoms with Gasteiger partial charge in [-0.1, -0.05) is 12.8 Å². The van der Waals surface area contributed by atoms with Gasteiger partial charge in [-0.3, -0.25) is 9.69 Å². The molecule has 1 heterocycles. The van der Waals surface area contributed by atoms with Gasteiger partial charge in [-0.2, -0.15) is 0 Å². The van der Waals surface area contributed by atoms with Crippen molar-refractivity contribution in [2.45, 2.75) is 26.3 Å². The monoisotopic (exact) mass is 165 g/mol. The summed E-state index contributed by atoms with van der Waals surface area (Å²) in [5.41, 5.74) is 0. The van der Waals surface area contributed by atoms with Gasteiger partial charge in [0.15, 0.2) is 0 Å². The Balaban J connectivity index is 2.52. The first-order chi connectivity index (χ1) is 5.65. The van der Waals surface area contributed by atoms with Crippen LogP contribution in [-0.4, -0.2) is 29.8 Å². The summed E-state index contributed by atoms with van der Waals surface area (Å²) >= 11 is 0. The summed E-state index contributed by atoms with van der Waals surface area (Å²) in [6, 6.07) is 0.167. The number of rotatable bonds is 1. The Morgan fingerprint density at radius 3 is 2.92 bits per heavy atom. The molecule has 0 bridgehead atoms. The number of ketones is 1. The highest BCUT2D eigenvalue weighted by molar-refractivity contribution is 5.81. The van der Waals surface area contributed by atoms with E-state index in [1.807, 2.05) is 13.8 Å².